The lowest BCUT2D eigenvalue weighted by molar-refractivity contribution is -0.122. The Balaban J connectivity index is 1.80. The molecule has 9 nitrogen and oxygen atoms in total. The van der Waals surface area contributed by atoms with Crippen molar-refractivity contribution in [3.05, 3.63) is 56.2 Å². The van der Waals surface area contributed by atoms with Crippen LogP contribution in [0, 0.1) is 4.91 Å². The molecule has 0 saturated heterocycles. The fraction of sp³-hybridized carbons (Fsp3) is 0.478. The zero-order valence-corrected chi connectivity index (χ0v) is 19.8. The number of aromatic nitrogens is 2. The van der Waals surface area contributed by atoms with Crippen LogP contribution in [0.1, 0.15) is 43.5 Å². The number of nitroso groups, excluding NO2 is 1. The summed E-state index contributed by atoms with van der Waals surface area (Å²) in [5, 5.41) is 7.76. The zero-order valence-electron chi connectivity index (χ0n) is 19.0. The van der Waals surface area contributed by atoms with Crippen molar-refractivity contribution in [2.75, 3.05) is 20.3 Å². The molecule has 0 N–H and O–H groups in total. The molecule has 0 bridgehead atoms. The lowest BCUT2D eigenvalue weighted by atomic mass is 9.86. The summed E-state index contributed by atoms with van der Waals surface area (Å²) in [6.07, 6.45) is 0.600. The van der Waals surface area contributed by atoms with Crippen LogP contribution in [-0.4, -0.2) is 47.1 Å². The first-order chi connectivity index (χ1) is 15.8. The molecule has 0 aliphatic carbocycles. The highest BCUT2D eigenvalue weighted by atomic mass is 32.2. The highest BCUT2D eigenvalue weighted by molar-refractivity contribution is 8.01. The number of benzene rings is 1. The monoisotopic (exact) mass is 470 g/mol. The summed E-state index contributed by atoms with van der Waals surface area (Å²) < 4.78 is 12.9. The van der Waals surface area contributed by atoms with Crippen molar-refractivity contribution < 1.29 is 14.3 Å². The predicted molar refractivity (Wildman–Crippen MR) is 125 cm³/mol. The SMILES string of the molecule is COc1ccccc1CCn1nc(C(C)(C)C(=O)N=O)c(=O)c2c1SC(C1=NCCO1)C2C. The van der Waals surface area contributed by atoms with Crippen LogP contribution in [0.3, 0.4) is 0 Å². The number of nitrogens with zero attached hydrogens (tertiary/aromatic N) is 4. The Labute approximate surface area is 195 Å². The average Bonchev–Trinajstić information content (AvgIpc) is 3.46. The second kappa shape index (κ2) is 9.09. The van der Waals surface area contributed by atoms with Crippen LogP contribution in [0.2, 0.25) is 0 Å². The minimum absolute atomic E-state index is 0.0215. The number of para-hydroxylation sites is 1. The first kappa shape index (κ1) is 23.2. The molecule has 1 amide bonds. The van der Waals surface area contributed by atoms with Crippen molar-refractivity contribution in [1.82, 2.24) is 9.78 Å². The van der Waals surface area contributed by atoms with Crippen molar-refractivity contribution in [3.8, 4) is 5.75 Å². The minimum Gasteiger partial charge on any atom is -0.496 e. The molecule has 0 spiro atoms. The first-order valence-electron chi connectivity index (χ1n) is 10.8. The highest BCUT2D eigenvalue weighted by Gasteiger charge is 2.44. The normalized spacial score (nSPS) is 19.6. The number of carbonyl (C=O) groups excluding carboxylic acids is 1. The number of rotatable bonds is 7. The van der Waals surface area contributed by atoms with E-state index in [0.29, 0.717) is 37.6 Å². The van der Waals surface area contributed by atoms with Gasteiger partial charge in [0.1, 0.15) is 23.1 Å². The van der Waals surface area contributed by atoms with E-state index in [4.69, 9.17) is 9.47 Å². The summed E-state index contributed by atoms with van der Waals surface area (Å²) in [5.41, 5.74) is -0.184. The van der Waals surface area contributed by atoms with Gasteiger partial charge in [0.05, 0.1) is 24.3 Å². The van der Waals surface area contributed by atoms with Crippen LogP contribution in [0.25, 0.3) is 0 Å². The third-order valence-corrected chi connectivity index (χ3v) is 7.66. The minimum atomic E-state index is -1.44. The number of thioether (sulfide) groups is 1. The summed E-state index contributed by atoms with van der Waals surface area (Å²) in [6, 6.07) is 7.71. The van der Waals surface area contributed by atoms with E-state index >= 15 is 0 Å². The quantitative estimate of drug-likeness (QED) is 0.572. The van der Waals surface area contributed by atoms with Gasteiger partial charge in [0.15, 0.2) is 5.90 Å². The van der Waals surface area contributed by atoms with Crippen molar-refractivity contribution in [2.45, 2.75) is 55.3 Å². The van der Waals surface area contributed by atoms with Gasteiger partial charge in [-0.2, -0.15) is 5.10 Å². The first-order valence-corrected chi connectivity index (χ1v) is 11.7. The van der Waals surface area contributed by atoms with E-state index in [1.807, 2.05) is 31.2 Å². The summed E-state index contributed by atoms with van der Waals surface area (Å²) in [5.74, 6) is 0.278. The molecule has 0 saturated carbocycles. The molecule has 0 fully saturated rings. The molecule has 1 aromatic heterocycles. The van der Waals surface area contributed by atoms with Gasteiger partial charge in [-0.15, -0.1) is 4.91 Å². The maximum Gasteiger partial charge on any atom is 0.298 e. The molecule has 2 aliphatic rings. The van der Waals surface area contributed by atoms with Crippen molar-refractivity contribution >= 4 is 23.6 Å². The van der Waals surface area contributed by atoms with E-state index in [2.05, 4.69) is 15.3 Å². The Bertz CT molecular complexity index is 1190. The number of fused-ring (bicyclic) bond motifs is 1. The average molecular weight is 471 g/mol. The number of carbonyl (C=O) groups is 1. The number of ether oxygens (including phenoxy) is 2. The van der Waals surface area contributed by atoms with Gasteiger partial charge in [-0.05, 0) is 31.9 Å². The topological polar surface area (TPSA) is 112 Å². The Hall–Kier alpha value is -3.01. The molecule has 0 radical (unpaired) electrons. The molecule has 3 heterocycles. The van der Waals surface area contributed by atoms with Gasteiger partial charge >= 0.3 is 0 Å². The molecule has 174 valence electrons. The van der Waals surface area contributed by atoms with E-state index in [1.54, 1.807) is 11.8 Å². The second-order valence-electron chi connectivity index (χ2n) is 8.60. The molecule has 10 heteroatoms. The molecule has 2 aromatic rings. The summed E-state index contributed by atoms with van der Waals surface area (Å²) in [7, 11) is 1.62. The van der Waals surface area contributed by atoms with E-state index in [9.17, 15) is 14.5 Å². The van der Waals surface area contributed by atoms with E-state index in [-0.39, 0.29) is 22.3 Å². The number of hydrogen-bond acceptors (Lipinski definition) is 8. The van der Waals surface area contributed by atoms with Crippen molar-refractivity contribution in [2.24, 2.45) is 10.2 Å². The number of aliphatic imine (C=N–C) groups is 1. The van der Waals surface area contributed by atoms with Gasteiger partial charge in [-0.3, -0.25) is 19.3 Å². The fourth-order valence-electron chi connectivity index (χ4n) is 4.17. The van der Waals surface area contributed by atoms with Crippen LogP contribution in [0.4, 0.5) is 0 Å². The molecule has 33 heavy (non-hydrogen) atoms. The smallest absolute Gasteiger partial charge is 0.298 e. The molecular formula is C23H26N4O5S. The Morgan fingerprint density at radius 3 is 2.79 bits per heavy atom. The summed E-state index contributed by atoms with van der Waals surface area (Å²) in [6.45, 7) is 6.55. The summed E-state index contributed by atoms with van der Waals surface area (Å²) >= 11 is 1.50. The highest BCUT2D eigenvalue weighted by Crippen LogP contribution is 2.45. The van der Waals surface area contributed by atoms with Crippen LogP contribution >= 0.6 is 11.8 Å². The number of methoxy groups -OCH3 is 1. The molecule has 1 aromatic carbocycles. The predicted octanol–water partition coefficient (Wildman–Crippen LogP) is 3.07. The van der Waals surface area contributed by atoms with Gasteiger partial charge in [0.2, 0.25) is 5.43 Å². The molecule has 4 rings (SSSR count). The third kappa shape index (κ3) is 4.07. The second-order valence-corrected chi connectivity index (χ2v) is 9.73. The van der Waals surface area contributed by atoms with E-state index in [0.717, 1.165) is 16.3 Å². The Kier molecular flexibility index (Phi) is 6.38. The van der Waals surface area contributed by atoms with E-state index < -0.39 is 11.3 Å². The largest absolute Gasteiger partial charge is 0.496 e. The fourth-order valence-corrected chi connectivity index (χ4v) is 5.66. The van der Waals surface area contributed by atoms with Gasteiger partial charge in [-0.25, -0.2) is 0 Å². The lowest BCUT2D eigenvalue weighted by Crippen LogP contribution is -2.38. The van der Waals surface area contributed by atoms with Gasteiger partial charge in [0.25, 0.3) is 5.91 Å². The Morgan fingerprint density at radius 1 is 1.36 bits per heavy atom. The van der Waals surface area contributed by atoms with E-state index in [1.165, 1.54) is 25.6 Å². The molecule has 2 unspecified atom stereocenters. The van der Waals surface area contributed by atoms with Gasteiger partial charge in [0, 0.05) is 23.2 Å². The van der Waals surface area contributed by atoms with Crippen LogP contribution in [-0.2, 0) is 27.9 Å². The molecule has 2 aliphatic heterocycles. The molecule has 2 atom stereocenters. The van der Waals surface area contributed by atoms with Crippen molar-refractivity contribution in [1.29, 1.82) is 0 Å². The Morgan fingerprint density at radius 2 is 2.12 bits per heavy atom. The van der Waals surface area contributed by atoms with Crippen LogP contribution in [0.5, 0.6) is 5.75 Å². The van der Waals surface area contributed by atoms with Crippen molar-refractivity contribution in [3.63, 3.8) is 0 Å². The zero-order chi connectivity index (χ0) is 23.8. The standard InChI is InChI=1S/C23H26N4O5S/c1-13-16-17(28)19(23(2,3)22(29)26-30)25-27(11-9-14-7-5-6-8-15(14)31-4)21(16)33-18(13)20-24-10-12-32-20/h5-8,13,18H,9-12H2,1-4H3. The summed E-state index contributed by atoms with van der Waals surface area (Å²) in [4.78, 5) is 41.3. The van der Waals surface area contributed by atoms with Crippen LogP contribution < -0.4 is 10.2 Å². The number of hydrogen-bond donors (Lipinski definition) is 0. The lowest BCUT2D eigenvalue weighted by Gasteiger charge is -2.21. The maximum absolute atomic E-state index is 13.5. The van der Waals surface area contributed by atoms with Gasteiger partial charge < -0.3 is 9.47 Å². The maximum atomic E-state index is 13.5. The van der Waals surface area contributed by atoms with Gasteiger partial charge in [-0.1, -0.05) is 36.9 Å². The number of amides is 1. The molecular weight excluding hydrogens is 444 g/mol. The third-order valence-electron chi connectivity index (χ3n) is 6.14. The number of aryl methyl sites for hydroxylation is 2. The van der Waals surface area contributed by atoms with Crippen LogP contribution in [0.15, 0.2) is 44.3 Å².